The second-order valence-corrected chi connectivity index (χ2v) is 8.45. The van der Waals surface area contributed by atoms with Gasteiger partial charge in [0, 0.05) is 16.3 Å². The van der Waals surface area contributed by atoms with Gasteiger partial charge in [0.25, 0.3) is 0 Å². The predicted molar refractivity (Wildman–Crippen MR) is 81.9 cm³/mol. The third-order valence-corrected chi connectivity index (χ3v) is 6.10. The highest BCUT2D eigenvalue weighted by molar-refractivity contribution is 9.10. The lowest BCUT2D eigenvalue weighted by Gasteiger charge is -2.21. The summed E-state index contributed by atoms with van der Waals surface area (Å²) in [4.78, 5) is 0. The van der Waals surface area contributed by atoms with E-state index in [1.165, 1.54) is 6.26 Å². The Kier molecular flexibility index (Phi) is 3.68. The van der Waals surface area contributed by atoms with Crippen LogP contribution in [0.15, 0.2) is 33.3 Å². The second kappa shape index (κ2) is 4.89. The molecule has 5 nitrogen and oxygen atoms in total. The molecule has 2 N–H and O–H groups in total. The number of aromatic nitrogens is 1. The summed E-state index contributed by atoms with van der Waals surface area (Å²) in [6.45, 7) is 3.17. The average molecular weight is 359 g/mol. The Morgan fingerprint density at radius 3 is 2.45 bits per heavy atom. The van der Waals surface area contributed by atoms with Gasteiger partial charge >= 0.3 is 0 Å². The first kappa shape index (κ1) is 15.1. The Labute approximate surface area is 126 Å². The number of hydrogen-bond donors (Lipinski definition) is 1. The van der Waals surface area contributed by atoms with E-state index in [1.807, 2.05) is 24.3 Å². The molecule has 0 amide bonds. The Morgan fingerprint density at radius 2 is 1.90 bits per heavy atom. The van der Waals surface area contributed by atoms with Crippen LogP contribution in [0.1, 0.15) is 19.5 Å². The zero-order valence-electron chi connectivity index (χ0n) is 11.3. The molecule has 0 aliphatic heterocycles. The number of sulfone groups is 1. The summed E-state index contributed by atoms with van der Waals surface area (Å²) in [5, 5.41) is 3.87. The zero-order chi connectivity index (χ0) is 15.1. The first-order valence-electron chi connectivity index (χ1n) is 5.86. The number of rotatable bonds is 3. The van der Waals surface area contributed by atoms with Gasteiger partial charge in [-0.25, -0.2) is 8.42 Å². The first-order chi connectivity index (χ1) is 9.16. The minimum absolute atomic E-state index is 0.101. The Hall–Kier alpha value is -1.34. The maximum atomic E-state index is 12.0. The van der Waals surface area contributed by atoms with Crippen LogP contribution in [0.4, 0.5) is 5.88 Å². The SMILES string of the molecule is CC(C)(c1noc(N)c1-c1ccccc1Br)S(C)(=O)=O. The molecule has 0 unspecified atom stereocenters. The van der Waals surface area contributed by atoms with Crippen molar-refractivity contribution in [3.63, 3.8) is 0 Å². The molecule has 0 spiro atoms. The number of nitrogens with two attached hydrogens (primary N) is 1. The summed E-state index contributed by atoms with van der Waals surface area (Å²) in [6, 6.07) is 7.37. The molecule has 0 aliphatic carbocycles. The molecule has 108 valence electrons. The van der Waals surface area contributed by atoms with Gasteiger partial charge in [-0.05, 0) is 19.9 Å². The standard InChI is InChI=1S/C13H15BrN2O3S/c1-13(2,20(3,17)18)11-10(12(15)19-16-11)8-6-4-5-7-9(8)14/h4-7H,15H2,1-3H3. The van der Waals surface area contributed by atoms with Gasteiger partial charge < -0.3 is 10.3 Å². The molecule has 0 saturated heterocycles. The molecule has 1 heterocycles. The molecule has 0 atom stereocenters. The van der Waals surface area contributed by atoms with Crippen LogP contribution in [0.5, 0.6) is 0 Å². The zero-order valence-corrected chi connectivity index (χ0v) is 13.7. The highest BCUT2D eigenvalue weighted by Crippen LogP contribution is 2.41. The number of anilines is 1. The molecular formula is C13H15BrN2O3S. The molecule has 7 heteroatoms. The molecule has 2 rings (SSSR count). The van der Waals surface area contributed by atoms with E-state index in [9.17, 15) is 8.42 Å². The van der Waals surface area contributed by atoms with Gasteiger partial charge in [0.05, 0.1) is 5.56 Å². The highest BCUT2D eigenvalue weighted by atomic mass is 79.9. The molecule has 1 aromatic carbocycles. The van der Waals surface area contributed by atoms with Gasteiger partial charge in [-0.2, -0.15) is 0 Å². The molecule has 0 radical (unpaired) electrons. The third-order valence-electron chi connectivity index (χ3n) is 3.36. The molecule has 0 saturated carbocycles. The van der Waals surface area contributed by atoms with E-state index in [4.69, 9.17) is 10.3 Å². The summed E-state index contributed by atoms with van der Waals surface area (Å²) in [7, 11) is -3.38. The van der Waals surface area contributed by atoms with Crippen molar-refractivity contribution >= 4 is 31.7 Å². The van der Waals surface area contributed by atoms with Crippen molar-refractivity contribution < 1.29 is 12.9 Å². The monoisotopic (exact) mass is 358 g/mol. The summed E-state index contributed by atoms with van der Waals surface area (Å²) >= 11 is 3.43. The fraction of sp³-hybridized carbons (Fsp3) is 0.308. The van der Waals surface area contributed by atoms with Crippen LogP contribution in [-0.2, 0) is 14.6 Å². The van der Waals surface area contributed by atoms with Gasteiger partial charge in [-0.3, -0.25) is 0 Å². The number of nitrogen functional groups attached to an aromatic ring is 1. The van der Waals surface area contributed by atoms with Gasteiger partial charge in [0.1, 0.15) is 10.4 Å². The molecule has 0 bridgehead atoms. The minimum Gasteiger partial charge on any atom is -0.367 e. The molecule has 0 aliphatic rings. The number of halogens is 1. The number of benzene rings is 1. The number of nitrogens with zero attached hydrogens (tertiary/aromatic N) is 1. The van der Waals surface area contributed by atoms with E-state index in [-0.39, 0.29) is 5.88 Å². The largest absolute Gasteiger partial charge is 0.367 e. The van der Waals surface area contributed by atoms with Crippen molar-refractivity contribution in [3.8, 4) is 11.1 Å². The smallest absolute Gasteiger partial charge is 0.230 e. The van der Waals surface area contributed by atoms with E-state index in [2.05, 4.69) is 21.1 Å². The fourth-order valence-electron chi connectivity index (χ4n) is 1.81. The number of hydrogen-bond acceptors (Lipinski definition) is 5. The highest BCUT2D eigenvalue weighted by Gasteiger charge is 2.39. The Balaban J connectivity index is 2.75. The Morgan fingerprint density at radius 1 is 1.30 bits per heavy atom. The van der Waals surface area contributed by atoms with Crippen molar-refractivity contribution in [2.75, 3.05) is 12.0 Å². The second-order valence-electron chi connectivity index (χ2n) is 5.03. The predicted octanol–water partition coefficient (Wildman–Crippen LogP) is 2.97. The lowest BCUT2D eigenvalue weighted by Crippen LogP contribution is -2.29. The first-order valence-corrected chi connectivity index (χ1v) is 8.55. The third kappa shape index (κ3) is 2.35. The summed E-state index contributed by atoms with van der Waals surface area (Å²) in [5.41, 5.74) is 7.40. The molecule has 20 heavy (non-hydrogen) atoms. The van der Waals surface area contributed by atoms with Gasteiger partial charge in [0.2, 0.25) is 5.88 Å². The maximum Gasteiger partial charge on any atom is 0.230 e. The van der Waals surface area contributed by atoms with Crippen LogP contribution < -0.4 is 5.73 Å². The molecule has 1 aromatic heterocycles. The quantitative estimate of drug-likeness (QED) is 0.911. The topological polar surface area (TPSA) is 86.2 Å². The van der Waals surface area contributed by atoms with Crippen molar-refractivity contribution in [1.29, 1.82) is 0 Å². The van der Waals surface area contributed by atoms with Crippen LogP contribution in [0, 0.1) is 0 Å². The van der Waals surface area contributed by atoms with Crippen LogP contribution in [0.3, 0.4) is 0 Å². The summed E-state index contributed by atoms with van der Waals surface area (Å²) < 4.78 is 28.6. The van der Waals surface area contributed by atoms with Gasteiger partial charge in [-0.15, -0.1) is 0 Å². The molecule has 0 fully saturated rings. The van der Waals surface area contributed by atoms with Crippen LogP contribution >= 0.6 is 15.9 Å². The van der Waals surface area contributed by atoms with Gasteiger partial charge in [0.15, 0.2) is 9.84 Å². The minimum atomic E-state index is -3.38. The summed E-state index contributed by atoms with van der Waals surface area (Å²) in [5.74, 6) is 0.101. The molecular weight excluding hydrogens is 344 g/mol. The van der Waals surface area contributed by atoms with E-state index in [0.717, 1.165) is 10.0 Å². The Bertz CT molecular complexity index is 751. The molecule has 2 aromatic rings. The maximum absolute atomic E-state index is 12.0. The van der Waals surface area contributed by atoms with Crippen molar-refractivity contribution in [2.45, 2.75) is 18.6 Å². The lowest BCUT2D eigenvalue weighted by molar-refractivity contribution is 0.417. The van der Waals surface area contributed by atoms with E-state index in [1.54, 1.807) is 13.8 Å². The van der Waals surface area contributed by atoms with Gasteiger partial charge in [-0.1, -0.05) is 39.3 Å². The average Bonchev–Trinajstić information content (AvgIpc) is 2.71. The van der Waals surface area contributed by atoms with E-state index in [0.29, 0.717) is 11.3 Å². The van der Waals surface area contributed by atoms with E-state index < -0.39 is 14.6 Å². The van der Waals surface area contributed by atoms with E-state index >= 15 is 0 Å². The summed E-state index contributed by atoms with van der Waals surface area (Å²) in [6.07, 6.45) is 1.17. The van der Waals surface area contributed by atoms with Crippen molar-refractivity contribution in [3.05, 3.63) is 34.4 Å². The van der Waals surface area contributed by atoms with Crippen molar-refractivity contribution in [1.82, 2.24) is 5.16 Å². The lowest BCUT2D eigenvalue weighted by atomic mass is 9.99. The normalized spacial score (nSPS) is 12.6. The van der Waals surface area contributed by atoms with Crippen molar-refractivity contribution in [2.24, 2.45) is 0 Å². The van der Waals surface area contributed by atoms with Crippen LogP contribution in [-0.4, -0.2) is 19.8 Å². The van der Waals surface area contributed by atoms with Crippen LogP contribution in [0.25, 0.3) is 11.1 Å². The fourth-order valence-corrected chi connectivity index (χ4v) is 2.79. The van der Waals surface area contributed by atoms with Crippen LogP contribution in [0.2, 0.25) is 0 Å².